The molecule has 1 aliphatic heterocycles. The smallest absolute Gasteiger partial charge is 0.157 e. The van der Waals surface area contributed by atoms with Gasteiger partial charge in [-0.1, -0.05) is 0 Å². The van der Waals surface area contributed by atoms with Crippen LogP contribution in [0.4, 0.5) is 5.82 Å². The SMILES string of the molecule is OC1c2cc[nH]c2N=CN1CCc1ccsc1. The highest BCUT2D eigenvalue weighted by molar-refractivity contribution is 7.07. The normalized spacial score (nSPS) is 18.4. The van der Waals surface area contributed by atoms with Crippen molar-refractivity contribution in [2.45, 2.75) is 12.6 Å². The summed E-state index contributed by atoms with van der Waals surface area (Å²) in [6, 6.07) is 3.98. The maximum Gasteiger partial charge on any atom is 0.157 e. The van der Waals surface area contributed by atoms with Crippen molar-refractivity contribution >= 4 is 23.5 Å². The van der Waals surface area contributed by atoms with Crippen LogP contribution >= 0.6 is 11.3 Å². The molecule has 2 N–H and O–H groups in total. The van der Waals surface area contributed by atoms with Gasteiger partial charge in [0.1, 0.15) is 5.82 Å². The Kier molecular flexibility index (Phi) is 2.70. The number of H-pyrrole nitrogens is 1. The van der Waals surface area contributed by atoms with Gasteiger partial charge in [0.15, 0.2) is 6.23 Å². The fourth-order valence-electron chi connectivity index (χ4n) is 1.94. The molecule has 3 heterocycles. The lowest BCUT2D eigenvalue weighted by molar-refractivity contribution is 0.0552. The van der Waals surface area contributed by atoms with Crippen molar-refractivity contribution < 1.29 is 5.11 Å². The summed E-state index contributed by atoms with van der Waals surface area (Å²) < 4.78 is 0. The molecule has 0 fully saturated rings. The lowest BCUT2D eigenvalue weighted by atomic mass is 10.2. The molecule has 2 aromatic rings. The van der Waals surface area contributed by atoms with E-state index < -0.39 is 6.23 Å². The van der Waals surface area contributed by atoms with Crippen LogP contribution in [0.1, 0.15) is 17.4 Å². The number of aliphatic hydroxyl groups is 1. The Hall–Kier alpha value is -1.59. The molecule has 0 aromatic carbocycles. The van der Waals surface area contributed by atoms with Crippen molar-refractivity contribution in [3.8, 4) is 0 Å². The van der Waals surface area contributed by atoms with Crippen molar-refractivity contribution in [1.82, 2.24) is 9.88 Å². The topological polar surface area (TPSA) is 51.6 Å². The number of thiophene rings is 1. The monoisotopic (exact) mass is 247 g/mol. The van der Waals surface area contributed by atoms with Crippen LogP contribution in [0.15, 0.2) is 34.1 Å². The number of rotatable bonds is 3. The highest BCUT2D eigenvalue weighted by atomic mass is 32.1. The Morgan fingerprint density at radius 1 is 1.47 bits per heavy atom. The van der Waals surface area contributed by atoms with Gasteiger partial charge in [0.25, 0.3) is 0 Å². The number of fused-ring (bicyclic) bond motifs is 1. The summed E-state index contributed by atoms with van der Waals surface area (Å²) in [7, 11) is 0. The molecule has 4 nitrogen and oxygen atoms in total. The Bertz CT molecular complexity index is 518. The molecule has 2 aromatic heterocycles. The first kappa shape index (κ1) is 10.6. The van der Waals surface area contributed by atoms with E-state index in [2.05, 4.69) is 26.8 Å². The van der Waals surface area contributed by atoms with Crippen LogP contribution in [0.25, 0.3) is 0 Å². The Balaban J connectivity index is 1.69. The van der Waals surface area contributed by atoms with Crippen LogP contribution in [-0.2, 0) is 6.42 Å². The first-order valence-electron chi connectivity index (χ1n) is 5.51. The molecule has 0 saturated heterocycles. The maximum absolute atomic E-state index is 10.2. The molecule has 5 heteroatoms. The van der Waals surface area contributed by atoms with E-state index >= 15 is 0 Å². The number of aliphatic imine (C=N–C) groups is 1. The Labute approximate surface area is 103 Å². The maximum atomic E-state index is 10.2. The zero-order valence-corrected chi connectivity index (χ0v) is 10.0. The van der Waals surface area contributed by atoms with Gasteiger partial charge >= 0.3 is 0 Å². The van der Waals surface area contributed by atoms with Crippen LogP contribution < -0.4 is 0 Å². The molecule has 1 atom stereocenters. The molecule has 3 rings (SSSR count). The molecule has 0 amide bonds. The summed E-state index contributed by atoms with van der Waals surface area (Å²) in [6.07, 6.45) is 3.84. The number of aromatic amines is 1. The summed E-state index contributed by atoms with van der Waals surface area (Å²) in [5.41, 5.74) is 2.15. The third kappa shape index (κ3) is 1.99. The average Bonchev–Trinajstić information content (AvgIpc) is 2.99. The summed E-state index contributed by atoms with van der Waals surface area (Å²) in [4.78, 5) is 9.12. The van der Waals surface area contributed by atoms with E-state index in [-0.39, 0.29) is 0 Å². The third-order valence-corrected chi connectivity index (χ3v) is 3.65. The van der Waals surface area contributed by atoms with Crippen LogP contribution in [0.5, 0.6) is 0 Å². The number of nitrogens with one attached hydrogen (secondary N) is 1. The first-order valence-corrected chi connectivity index (χ1v) is 6.45. The van der Waals surface area contributed by atoms with E-state index in [1.54, 1.807) is 23.9 Å². The molecule has 88 valence electrons. The van der Waals surface area contributed by atoms with Gasteiger partial charge in [-0.05, 0) is 34.9 Å². The van der Waals surface area contributed by atoms with Gasteiger partial charge in [-0.2, -0.15) is 11.3 Å². The minimum atomic E-state index is -0.590. The second-order valence-corrected chi connectivity index (χ2v) is 4.80. The van der Waals surface area contributed by atoms with Gasteiger partial charge in [0, 0.05) is 18.3 Å². The highest BCUT2D eigenvalue weighted by Crippen LogP contribution is 2.29. The molecular weight excluding hydrogens is 234 g/mol. The minimum Gasteiger partial charge on any atom is -0.369 e. The van der Waals surface area contributed by atoms with Gasteiger partial charge in [-0.25, -0.2) is 4.99 Å². The first-order chi connectivity index (χ1) is 8.34. The number of aromatic nitrogens is 1. The number of hydrogen-bond acceptors (Lipinski definition) is 4. The van der Waals surface area contributed by atoms with Crippen LogP contribution in [0.3, 0.4) is 0 Å². The fourth-order valence-corrected chi connectivity index (χ4v) is 2.64. The quantitative estimate of drug-likeness (QED) is 0.874. The van der Waals surface area contributed by atoms with Crippen molar-refractivity contribution in [1.29, 1.82) is 0 Å². The average molecular weight is 247 g/mol. The predicted molar refractivity (Wildman–Crippen MR) is 68.6 cm³/mol. The second kappa shape index (κ2) is 4.35. The van der Waals surface area contributed by atoms with Gasteiger partial charge in [-0.3, -0.25) is 0 Å². The molecular formula is C12H13N3OS. The lowest BCUT2D eigenvalue weighted by Gasteiger charge is -2.28. The van der Waals surface area contributed by atoms with E-state index in [0.29, 0.717) is 0 Å². The van der Waals surface area contributed by atoms with E-state index in [1.165, 1.54) is 5.56 Å². The fraction of sp³-hybridized carbons (Fsp3) is 0.250. The molecule has 0 aliphatic carbocycles. The van der Waals surface area contributed by atoms with E-state index in [1.807, 2.05) is 11.0 Å². The van der Waals surface area contributed by atoms with Crippen LogP contribution in [-0.4, -0.2) is 27.9 Å². The zero-order valence-electron chi connectivity index (χ0n) is 9.21. The van der Waals surface area contributed by atoms with E-state index in [0.717, 1.165) is 24.3 Å². The van der Waals surface area contributed by atoms with Gasteiger partial charge in [0.05, 0.1) is 6.34 Å². The summed E-state index contributed by atoms with van der Waals surface area (Å²) in [5, 5.41) is 14.4. The molecule has 0 saturated carbocycles. The molecule has 0 radical (unpaired) electrons. The van der Waals surface area contributed by atoms with Gasteiger partial charge < -0.3 is 15.0 Å². The summed E-state index contributed by atoms with van der Waals surface area (Å²) in [5.74, 6) is 0.754. The van der Waals surface area contributed by atoms with Crippen LogP contribution in [0.2, 0.25) is 0 Å². The van der Waals surface area contributed by atoms with Gasteiger partial charge in [-0.15, -0.1) is 0 Å². The largest absolute Gasteiger partial charge is 0.369 e. The van der Waals surface area contributed by atoms with E-state index in [4.69, 9.17) is 0 Å². The van der Waals surface area contributed by atoms with E-state index in [9.17, 15) is 5.11 Å². The summed E-state index contributed by atoms with van der Waals surface area (Å²) >= 11 is 1.70. The lowest BCUT2D eigenvalue weighted by Crippen LogP contribution is -2.31. The standard InChI is InChI=1S/C12H13N3OS/c16-12-10-1-4-13-11(10)14-8-15(12)5-2-9-3-6-17-7-9/h1,3-4,6-8,12-13,16H,2,5H2. The Morgan fingerprint density at radius 3 is 3.24 bits per heavy atom. The molecule has 0 spiro atoms. The molecule has 1 unspecified atom stereocenters. The molecule has 17 heavy (non-hydrogen) atoms. The number of nitrogens with zero attached hydrogens (tertiary/aromatic N) is 2. The highest BCUT2D eigenvalue weighted by Gasteiger charge is 2.22. The number of aliphatic hydroxyl groups excluding tert-OH is 1. The predicted octanol–water partition coefficient (Wildman–Crippen LogP) is 2.29. The molecule has 1 aliphatic rings. The summed E-state index contributed by atoms with van der Waals surface area (Å²) in [6.45, 7) is 0.770. The third-order valence-electron chi connectivity index (χ3n) is 2.92. The minimum absolute atomic E-state index is 0.590. The van der Waals surface area contributed by atoms with Gasteiger partial charge in [0.2, 0.25) is 0 Å². The number of hydrogen-bond donors (Lipinski definition) is 2. The van der Waals surface area contributed by atoms with Crippen molar-refractivity contribution in [2.75, 3.05) is 6.54 Å². The second-order valence-electron chi connectivity index (χ2n) is 4.02. The molecule has 0 bridgehead atoms. The van der Waals surface area contributed by atoms with Crippen LogP contribution in [0, 0.1) is 0 Å². The zero-order chi connectivity index (χ0) is 11.7. The van der Waals surface area contributed by atoms with Crippen molar-refractivity contribution in [2.24, 2.45) is 4.99 Å². The van der Waals surface area contributed by atoms with Crippen molar-refractivity contribution in [3.05, 3.63) is 40.2 Å². The Morgan fingerprint density at radius 2 is 2.41 bits per heavy atom. The van der Waals surface area contributed by atoms with Crippen molar-refractivity contribution in [3.63, 3.8) is 0 Å².